The Morgan fingerprint density at radius 1 is 1.15 bits per heavy atom. The average Bonchev–Trinajstić information content (AvgIpc) is 3.17. The molecule has 0 bridgehead atoms. The lowest BCUT2D eigenvalue weighted by Crippen LogP contribution is -2.12. The van der Waals surface area contributed by atoms with Crippen LogP contribution in [0.5, 0.6) is 0 Å². The van der Waals surface area contributed by atoms with Crippen molar-refractivity contribution in [3.05, 3.63) is 87.6 Å². The third-order valence-electron chi connectivity index (χ3n) is 5.52. The molecule has 9 heteroatoms. The van der Waals surface area contributed by atoms with Gasteiger partial charge < -0.3 is 10.1 Å². The molecular formula is C24H18FN5O3. The van der Waals surface area contributed by atoms with Gasteiger partial charge in [0.1, 0.15) is 5.82 Å². The third-order valence-corrected chi connectivity index (χ3v) is 5.52. The van der Waals surface area contributed by atoms with Crippen molar-refractivity contribution in [2.75, 3.05) is 5.32 Å². The number of aromatic nitrogens is 4. The van der Waals surface area contributed by atoms with E-state index >= 15 is 0 Å². The van der Waals surface area contributed by atoms with Gasteiger partial charge in [-0.15, -0.1) is 0 Å². The van der Waals surface area contributed by atoms with E-state index in [0.717, 1.165) is 16.5 Å². The van der Waals surface area contributed by atoms with Crippen molar-refractivity contribution in [3.63, 3.8) is 0 Å². The minimum Gasteiger partial charge on any atom is -0.465 e. The zero-order valence-corrected chi connectivity index (χ0v) is 17.4. The number of carboxylic acid groups (broad SMARTS) is 1. The predicted octanol–water partition coefficient (Wildman–Crippen LogP) is 4.59. The molecule has 3 aromatic carbocycles. The number of nitrogens with zero attached hydrogens (tertiary/aromatic N) is 2. The van der Waals surface area contributed by atoms with Gasteiger partial charge in [-0.2, -0.15) is 5.10 Å². The predicted molar refractivity (Wildman–Crippen MR) is 123 cm³/mol. The molecule has 5 rings (SSSR count). The smallest absolute Gasteiger partial charge is 0.411 e. The molecule has 0 atom stereocenters. The minimum absolute atomic E-state index is 0.0928. The molecular weight excluding hydrogens is 425 g/mol. The van der Waals surface area contributed by atoms with Crippen LogP contribution < -0.4 is 10.9 Å². The number of imidazole rings is 1. The fourth-order valence-electron chi connectivity index (χ4n) is 4.01. The molecule has 0 saturated heterocycles. The first-order valence-electron chi connectivity index (χ1n) is 10.1. The number of hydrogen-bond acceptors (Lipinski definition) is 4. The van der Waals surface area contributed by atoms with Gasteiger partial charge in [-0.1, -0.05) is 30.3 Å². The van der Waals surface area contributed by atoms with Crippen molar-refractivity contribution in [3.8, 4) is 11.1 Å². The van der Waals surface area contributed by atoms with Crippen LogP contribution in [-0.4, -0.2) is 31.4 Å². The second kappa shape index (κ2) is 7.86. The Morgan fingerprint density at radius 3 is 2.82 bits per heavy atom. The van der Waals surface area contributed by atoms with Crippen molar-refractivity contribution in [2.24, 2.45) is 0 Å². The van der Waals surface area contributed by atoms with E-state index in [0.29, 0.717) is 39.7 Å². The minimum atomic E-state index is -1.23. The number of nitrogens with one attached hydrogen (secondary N) is 3. The van der Waals surface area contributed by atoms with Crippen LogP contribution in [0.3, 0.4) is 0 Å². The molecule has 2 heterocycles. The van der Waals surface area contributed by atoms with Gasteiger partial charge in [0.2, 0.25) is 5.95 Å². The largest absolute Gasteiger partial charge is 0.465 e. The molecule has 1 amide bonds. The summed E-state index contributed by atoms with van der Waals surface area (Å²) >= 11 is 0. The van der Waals surface area contributed by atoms with Gasteiger partial charge in [-0.05, 0) is 47.9 Å². The highest BCUT2D eigenvalue weighted by Crippen LogP contribution is 2.29. The van der Waals surface area contributed by atoms with Gasteiger partial charge in [0.25, 0.3) is 5.56 Å². The zero-order chi connectivity index (χ0) is 23.1. The van der Waals surface area contributed by atoms with Crippen LogP contribution in [0.1, 0.15) is 16.8 Å². The summed E-state index contributed by atoms with van der Waals surface area (Å²) in [7, 11) is 0. The molecule has 0 radical (unpaired) electrons. The van der Waals surface area contributed by atoms with Crippen LogP contribution in [0.2, 0.25) is 0 Å². The lowest BCUT2D eigenvalue weighted by molar-refractivity contribution is 0.209. The Hall–Kier alpha value is -4.53. The number of carbonyl (C=O) groups is 1. The highest BCUT2D eigenvalue weighted by molar-refractivity contribution is 5.88. The molecule has 164 valence electrons. The fraction of sp³-hybridized carbons (Fsp3) is 0.0833. The first-order chi connectivity index (χ1) is 15.9. The highest BCUT2D eigenvalue weighted by atomic mass is 19.1. The van der Waals surface area contributed by atoms with Gasteiger partial charge in [0.05, 0.1) is 22.1 Å². The van der Waals surface area contributed by atoms with E-state index in [1.807, 2.05) is 25.1 Å². The second-order valence-corrected chi connectivity index (χ2v) is 7.74. The van der Waals surface area contributed by atoms with Gasteiger partial charge in [0.15, 0.2) is 0 Å². The number of aromatic amines is 2. The molecule has 4 N–H and O–H groups in total. The molecule has 0 aliphatic carbocycles. The SMILES string of the molecule is Cc1cccc2c(Cc3ccc(F)c(-c4ccc5[nH]c(NC(=O)O)nc5c4)c3)n[nH]c(=O)c12. The van der Waals surface area contributed by atoms with Crippen LogP contribution in [0, 0.1) is 12.7 Å². The summed E-state index contributed by atoms with van der Waals surface area (Å²) in [6, 6.07) is 15.6. The Bertz CT molecular complexity index is 1610. The number of fused-ring (bicyclic) bond motifs is 2. The van der Waals surface area contributed by atoms with Crippen molar-refractivity contribution in [1.82, 2.24) is 20.2 Å². The number of hydrogen-bond donors (Lipinski definition) is 4. The lowest BCUT2D eigenvalue weighted by Gasteiger charge is -2.09. The summed E-state index contributed by atoms with van der Waals surface area (Å²) in [5.41, 5.74) is 4.25. The molecule has 2 aromatic heterocycles. The standard InChI is InChI=1S/C24H18FN5O3/c1-12-3-2-4-15-19(29-30-22(31)21(12)15)10-13-5-7-17(25)16(9-13)14-6-8-18-20(11-14)27-23(26-18)28-24(32)33/h2-9,11H,10H2,1H3,(H,30,31)(H,32,33)(H2,26,27,28). The maximum absolute atomic E-state index is 14.7. The molecule has 0 saturated carbocycles. The molecule has 5 aromatic rings. The van der Waals surface area contributed by atoms with E-state index in [1.54, 1.807) is 30.3 Å². The molecule has 8 nitrogen and oxygen atoms in total. The van der Waals surface area contributed by atoms with Gasteiger partial charge in [0, 0.05) is 17.4 Å². The summed E-state index contributed by atoms with van der Waals surface area (Å²) in [5.74, 6) is -0.303. The van der Waals surface area contributed by atoms with Crippen molar-refractivity contribution < 1.29 is 14.3 Å². The van der Waals surface area contributed by atoms with Crippen molar-refractivity contribution >= 4 is 33.8 Å². The van der Waals surface area contributed by atoms with E-state index in [1.165, 1.54) is 6.07 Å². The van der Waals surface area contributed by atoms with E-state index in [4.69, 9.17) is 5.11 Å². The number of H-pyrrole nitrogens is 2. The van der Waals surface area contributed by atoms with Crippen LogP contribution >= 0.6 is 0 Å². The first-order valence-corrected chi connectivity index (χ1v) is 10.1. The average molecular weight is 443 g/mol. The van der Waals surface area contributed by atoms with E-state index in [9.17, 15) is 14.0 Å². The number of rotatable bonds is 4. The summed E-state index contributed by atoms with van der Waals surface area (Å²) < 4.78 is 14.7. The summed E-state index contributed by atoms with van der Waals surface area (Å²) in [5, 5.41) is 19.2. The van der Waals surface area contributed by atoms with Crippen LogP contribution in [0.25, 0.3) is 32.9 Å². The van der Waals surface area contributed by atoms with Crippen molar-refractivity contribution in [1.29, 1.82) is 0 Å². The number of aryl methyl sites for hydroxylation is 1. The Kier molecular flexibility index (Phi) is 4.86. The van der Waals surface area contributed by atoms with E-state index in [-0.39, 0.29) is 11.5 Å². The summed E-state index contributed by atoms with van der Waals surface area (Å²) in [6.07, 6.45) is -0.826. The van der Waals surface area contributed by atoms with Gasteiger partial charge >= 0.3 is 6.09 Å². The van der Waals surface area contributed by atoms with Crippen LogP contribution in [-0.2, 0) is 6.42 Å². The monoisotopic (exact) mass is 443 g/mol. The third kappa shape index (κ3) is 3.80. The second-order valence-electron chi connectivity index (χ2n) is 7.74. The van der Waals surface area contributed by atoms with Crippen LogP contribution in [0.4, 0.5) is 15.1 Å². The molecule has 33 heavy (non-hydrogen) atoms. The number of amides is 1. The topological polar surface area (TPSA) is 124 Å². The lowest BCUT2D eigenvalue weighted by atomic mass is 9.98. The maximum atomic E-state index is 14.7. The first kappa shape index (κ1) is 20.4. The maximum Gasteiger partial charge on any atom is 0.411 e. The summed E-state index contributed by atoms with van der Waals surface area (Å²) in [4.78, 5) is 30.1. The highest BCUT2D eigenvalue weighted by Gasteiger charge is 2.13. The number of benzene rings is 3. The fourth-order valence-corrected chi connectivity index (χ4v) is 4.01. The zero-order valence-electron chi connectivity index (χ0n) is 17.4. The molecule has 0 fully saturated rings. The van der Waals surface area contributed by atoms with Crippen molar-refractivity contribution in [2.45, 2.75) is 13.3 Å². The quantitative estimate of drug-likeness (QED) is 0.323. The summed E-state index contributed by atoms with van der Waals surface area (Å²) in [6.45, 7) is 1.87. The normalized spacial score (nSPS) is 11.2. The number of anilines is 1. The van der Waals surface area contributed by atoms with E-state index < -0.39 is 11.9 Å². The van der Waals surface area contributed by atoms with Gasteiger partial charge in [-0.3, -0.25) is 10.1 Å². The Labute approximate surface area is 186 Å². The van der Waals surface area contributed by atoms with Gasteiger partial charge in [-0.25, -0.2) is 19.3 Å². The Balaban J connectivity index is 1.54. The van der Waals surface area contributed by atoms with Crippen LogP contribution in [0.15, 0.2) is 59.4 Å². The molecule has 0 spiro atoms. The molecule has 0 aliphatic heterocycles. The van der Waals surface area contributed by atoms with E-state index in [2.05, 4.69) is 25.5 Å². The molecule has 0 unspecified atom stereocenters. The Morgan fingerprint density at radius 2 is 2.00 bits per heavy atom. The molecule has 0 aliphatic rings. The number of halogens is 1.